The van der Waals surface area contributed by atoms with E-state index in [1.54, 1.807) is 0 Å². The molecule has 0 bridgehead atoms. The highest BCUT2D eigenvalue weighted by Gasteiger charge is 2.19. The summed E-state index contributed by atoms with van der Waals surface area (Å²) < 4.78 is 0. The van der Waals surface area contributed by atoms with E-state index in [1.165, 1.54) is 34.8 Å². The molecule has 1 atom stereocenters. The number of nitrogens with one attached hydrogen (secondary N) is 1. The Bertz CT molecular complexity index is 384. The Morgan fingerprint density at radius 1 is 1.50 bits per heavy atom. The maximum Gasteiger partial charge on any atom is 0.0302 e. The second-order valence-corrected chi connectivity index (χ2v) is 7.30. The van der Waals surface area contributed by atoms with Gasteiger partial charge in [0.2, 0.25) is 0 Å². The molecule has 1 N–H and O–H groups in total. The Kier molecular flexibility index (Phi) is 4.82. The summed E-state index contributed by atoms with van der Waals surface area (Å²) in [6, 6.07) is 2.97. The molecule has 2 heterocycles. The first kappa shape index (κ1) is 14.0. The van der Waals surface area contributed by atoms with Gasteiger partial charge in [-0.3, -0.25) is 4.90 Å². The van der Waals surface area contributed by atoms with Crippen molar-refractivity contribution in [2.45, 2.75) is 53.2 Å². The number of nitrogens with zero attached hydrogens (tertiary/aromatic N) is 1. The predicted octanol–water partition coefficient (Wildman–Crippen LogP) is 3.40. The van der Waals surface area contributed by atoms with Crippen LogP contribution in [0.15, 0.2) is 6.07 Å². The summed E-state index contributed by atoms with van der Waals surface area (Å²) in [5.74, 6) is 0.881. The molecular formula is C15H26N2S. The maximum absolute atomic E-state index is 3.50. The van der Waals surface area contributed by atoms with E-state index >= 15 is 0 Å². The molecule has 3 heteroatoms. The largest absolute Gasteiger partial charge is 0.310 e. The molecule has 1 aromatic heterocycles. The van der Waals surface area contributed by atoms with E-state index in [-0.39, 0.29) is 0 Å². The van der Waals surface area contributed by atoms with Gasteiger partial charge in [-0.1, -0.05) is 20.8 Å². The SMILES string of the molecule is Cc1sc(CNC(C)C)cc1CN1CCC(C)C1. The molecule has 0 aromatic carbocycles. The first-order chi connectivity index (χ1) is 8.54. The van der Waals surface area contributed by atoms with Crippen LogP contribution in [-0.2, 0) is 13.1 Å². The van der Waals surface area contributed by atoms with E-state index in [4.69, 9.17) is 0 Å². The molecule has 2 nitrogen and oxygen atoms in total. The Morgan fingerprint density at radius 3 is 2.89 bits per heavy atom. The normalized spacial score (nSPS) is 21.1. The van der Waals surface area contributed by atoms with Crippen LogP contribution in [0.2, 0.25) is 0 Å². The zero-order valence-electron chi connectivity index (χ0n) is 12.1. The molecule has 0 aliphatic carbocycles. The average Bonchev–Trinajstić information content (AvgIpc) is 2.84. The molecule has 1 saturated heterocycles. The molecule has 1 fully saturated rings. The fourth-order valence-electron chi connectivity index (χ4n) is 2.55. The van der Waals surface area contributed by atoms with Gasteiger partial charge in [0.15, 0.2) is 0 Å². The lowest BCUT2D eigenvalue weighted by molar-refractivity contribution is 0.320. The molecule has 1 aromatic rings. The lowest BCUT2D eigenvalue weighted by atomic mass is 10.2. The summed E-state index contributed by atoms with van der Waals surface area (Å²) in [6.07, 6.45) is 1.37. The summed E-state index contributed by atoms with van der Waals surface area (Å²) in [5.41, 5.74) is 1.54. The van der Waals surface area contributed by atoms with Crippen molar-refractivity contribution in [2.24, 2.45) is 5.92 Å². The zero-order valence-corrected chi connectivity index (χ0v) is 12.9. The highest BCUT2D eigenvalue weighted by molar-refractivity contribution is 7.12. The average molecular weight is 266 g/mol. The van der Waals surface area contributed by atoms with Crippen molar-refractivity contribution in [3.8, 4) is 0 Å². The van der Waals surface area contributed by atoms with Crippen LogP contribution in [0.5, 0.6) is 0 Å². The molecule has 1 unspecified atom stereocenters. The molecule has 0 spiro atoms. The van der Waals surface area contributed by atoms with Gasteiger partial charge in [-0.15, -0.1) is 11.3 Å². The Hall–Kier alpha value is -0.380. The third-order valence-electron chi connectivity index (χ3n) is 3.66. The van der Waals surface area contributed by atoms with Gasteiger partial charge in [0.05, 0.1) is 0 Å². The van der Waals surface area contributed by atoms with E-state index in [0.29, 0.717) is 6.04 Å². The van der Waals surface area contributed by atoms with Gasteiger partial charge in [-0.25, -0.2) is 0 Å². The van der Waals surface area contributed by atoms with Crippen molar-refractivity contribution in [3.63, 3.8) is 0 Å². The monoisotopic (exact) mass is 266 g/mol. The molecule has 1 aliphatic rings. The van der Waals surface area contributed by atoms with Gasteiger partial charge in [0, 0.05) is 35.4 Å². The van der Waals surface area contributed by atoms with Crippen LogP contribution < -0.4 is 5.32 Å². The van der Waals surface area contributed by atoms with Crippen molar-refractivity contribution < 1.29 is 0 Å². The van der Waals surface area contributed by atoms with Crippen LogP contribution in [0.1, 0.15) is 42.5 Å². The van der Waals surface area contributed by atoms with Gasteiger partial charge in [-0.05, 0) is 37.4 Å². The maximum atomic E-state index is 3.50. The van der Waals surface area contributed by atoms with E-state index in [1.807, 2.05) is 11.3 Å². The summed E-state index contributed by atoms with van der Waals surface area (Å²) >= 11 is 1.95. The quantitative estimate of drug-likeness (QED) is 0.879. The van der Waals surface area contributed by atoms with Crippen LogP contribution in [-0.4, -0.2) is 24.0 Å². The Labute approximate surface area is 115 Å². The fraction of sp³-hybridized carbons (Fsp3) is 0.733. The minimum atomic E-state index is 0.565. The van der Waals surface area contributed by atoms with Crippen LogP contribution in [0.3, 0.4) is 0 Å². The lowest BCUT2D eigenvalue weighted by Crippen LogP contribution is -2.21. The Morgan fingerprint density at radius 2 is 2.28 bits per heavy atom. The first-order valence-electron chi connectivity index (χ1n) is 7.08. The highest BCUT2D eigenvalue weighted by atomic mass is 32.1. The summed E-state index contributed by atoms with van der Waals surface area (Å²) in [6.45, 7) is 13.7. The predicted molar refractivity (Wildman–Crippen MR) is 80.1 cm³/mol. The van der Waals surface area contributed by atoms with Gasteiger partial charge in [0.1, 0.15) is 0 Å². The van der Waals surface area contributed by atoms with E-state index in [2.05, 4.69) is 44.0 Å². The van der Waals surface area contributed by atoms with Gasteiger partial charge < -0.3 is 5.32 Å². The minimum absolute atomic E-state index is 0.565. The van der Waals surface area contributed by atoms with Crippen molar-refractivity contribution in [3.05, 3.63) is 21.4 Å². The first-order valence-corrected chi connectivity index (χ1v) is 7.90. The Balaban J connectivity index is 1.92. The molecule has 2 rings (SSSR count). The third kappa shape index (κ3) is 3.81. The van der Waals surface area contributed by atoms with Crippen molar-refractivity contribution in [2.75, 3.05) is 13.1 Å². The lowest BCUT2D eigenvalue weighted by Gasteiger charge is -2.14. The standard InChI is InChI=1S/C15H26N2S/c1-11(2)16-8-15-7-14(13(4)18-15)10-17-6-5-12(3)9-17/h7,11-12,16H,5-6,8-10H2,1-4H3. The minimum Gasteiger partial charge on any atom is -0.310 e. The second-order valence-electron chi connectivity index (χ2n) is 5.96. The van der Waals surface area contributed by atoms with Crippen molar-refractivity contribution in [1.29, 1.82) is 0 Å². The number of likely N-dealkylation sites (tertiary alicyclic amines) is 1. The number of thiophene rings is 1. The van der Waals surface area contributed by atoms with Gasteiger partial charge in [0.25, 0.3) is 0 Å². The van der Waals surface area contributed by atoms with Crippen molar-refractivity contribution in [1.82, 2.24) is 10.2 Å². The summed E-state index contributed by atoms with van der Waals surface area (Å²) in [7, 11) is 0. The highest BCUT2D eigenvalue weighted by Crippen LogP contribution is 2.25. The molecule has 102 valence electrons. The van der Waals surface area contributed by atoms with Crippen LogP contribution in [0, 0.1) is 12.8 Å². The molecular weight excluding hydrogens is 240 g/mol. The van der Waals surface area contributed by atoms with Crippen molar-refractivity contribution >= 4 is 11.3 Å². The second kappa shape index (κ2) is 6.18. The van der Waals surface area contributed by atoms with Crippen LogP contribution in [0.4, 0.5) is 0 Å². The van der Waals surface area contributed by atoms with E-state index in [0.717, 1.165) is 19.0 Å². The molecule has 0 saturated carbocycles. The van der Waals surface area contributed by atoms with E-state index in [9.17, 15) is 0 Å². The van der Waals surface area contributed by atoms with Crippen LogP contribution >= 0.6 is 11.3 Å². The molecule has 0 amide bonds. The van der Waals surface area contributed by atoms with Gasteiger partial charge >= 0.3 is 0 Å². The molecule has 0 radical (unpaired) electrons. The molecule has 18 heavy (non-hydrogen) atoms. The van der Waals surface area contributed by atoms with Crippen LogP contribution in [0.25, 0.3) is 0 Å². The third-order valence-corrected chi connectivity index (χ3v) is 4.75. The number of rotatable bonds is 5. The number of aryl methyl sites for hydroxylation is 1. The molecule has 1 aliphatic heterocycles. The smallest absolute Gasteiger partial charge is 0.0302 e. The summed E-state index contributed by atoms with van der Waals surface area (Å²) in [5, 5.41) is 3.50. The number of hydrogen-bond acceptors (Lipinski definition) is 3. The topological polar surface area (TPSA) is 15.3 Å². The van der Waals surface area contributed by atoms with E-state index < -0.39 is 0 Å². The zero-order chi connectivity index (χ0) is 13.1. The number of hydrogen-bond donors (Lipinski definition) is 1. The summed E-state index contributed by atoms with van der Waals surface area (Å²) in [4.78, 5) is 5.57. The van der Waals surface area contributed by atoms with Gasteiger partial charge in [-0.2, -0.15) is 0 Å². The fourth-order valence-corrected chi connectivity index (χ4v) is 3.55.